The topological polar surface area (TPSA) is 46.2 Å². The van der Waals surface area contributed by atoms with Gasteiger partial charge in [0, 0.05) is 10.8 Å². The van der Waals surface area contributed by atoms with Crippen LogP contribution in [-0.2, 0) is 41.1 Å². The molecule has 0 saturated heterocycles. The number of rotatable bonds is 22. The van der Waals surface area contributed by atoms with Gasteiger partial charge in [0.1, 0.15) is 23.8 Å². The van der Waals surface area contributed by atoms with Crippen LogP contribution in [0.4, 0.5) is 26.3 Å². The molecule has 2 unspecified atom stereocenters. The van der Waals surface area contributed by atoms with Crippen LogP contribution in [0.5, 0.6) is 5.75 Å². The maximum Gasteiger partial charge on any atom is 0.722 e. The first-order chi connectivity index (χ1) is 32.0. The number of alkyl halides is 6. The molecule has 0 bridgehead atoms. The van der Waals surface area contributed by atoms with Crippen molar-refractivity contribution in [2.24, 2.45) is 0 Å². The average molecular weight is 939 g/mol. The molecule has 0 aliphatic rings. The fourth-order valence-electron chi connectivity index (χ4n) is 8.43. The van der Waals surface area contributed by atoms with Crippen LogP contribution >= 0.6 is 18.1 Å². The first-order valence-corrected chi connectivity index (χ1v) is 23.0. The van der Waals surface area contributed by atoms with Gasteiger partial charge in [-0.15, -0.1) is 0 Å². The Morgan fingerprint density at radius 2 is 0.636 bits per heavy atom. The molecule has 0 aliphatic carbocycles. The molecule has 5 nitrogen and oxygen atoms in total. The van der Waals surface area contributed by atoms with Gasteiger partial charge in [-0.05, 0) is 77.3 Å². The highest BCUT2D eigenvalue weighted by molar-refractivity contribution is 7.30. The minimum atomic E-state index is -5.09. The van der Waals surface area contributed by atoms with E-state index in [4.69, 9.17) is 22.6 Å². The van der Waals surface area contributed by atoms with Crippen LogP contribution in [0, 0.1) is 0 Å². The summed E-state index contributed by atoms with van der Waals surface area (Å²) in [6.45, 7) is 0.401. The van der Waals surface area contributed by atoms with E-state index in [0.717, 1.165) is 33.4 Å². The lowest BCUT2D eigenvalue weighted by atomic mass is 9.67. The van der Waals surface area contributed by atoms with E-state index in [2.05, 4.69) is 72.8 Å². The number of halogens is 6. The molecule has 2 atom stereocenters. The second-order valence-electron chi connectivity index (χ2n) is 15.5. The zero-order valence-electron chi connectivity index (χ0n) is 35.7. The monoisotopic (exact) mass is 938 g/mol. The number of hydrogen-bond acceptors (Lipinski definition) is 5. The highest BCUT2D eigenvalue weighted by atomic mass is 31.1. The normalized spacial score (nSPS) is 12.6. The van der Waals surface area contributed by atoms with Gasteiger partial charge < -0.3 is 22.6 Å². The first-order valence-electron chi connectivity index (χ1n) is 21.3. The van der Waals surface area contributed by atoms with E-state index in [-0.39, 0.29) is 19.3 Å². The fourth-order valence-corrected chi connectivity index (χ4v) is 9.47. The summed E-state index contributed by atoms with van der Waals surface area (Å²) in [6, 6.07) is 61.9. The van der Waals surface area contributed by atoms with Crippen molar-refractivity contribution in [3.8, 4) is 5.75 Å². The Hall–Kier alpha value is -5.32. The van der Waals surface area contributed by atoms with E-state index < -0.39 is 65.4 Å². The summed E-state index contributed by atoms with van der Waals surface area (Å²) in [5.74, 6) is -0.756. The summed E-state index contributed by atoms with van der Waals surface area (Å²) in [5.41, 5.74) is 2.40. The van der Waals surface area contributed by atoms with Gasteiger partial charge in [0.05, 0.1) is 24.3 Å². The highest BCUT2D eigenvalue weighted by Crippen LogP contribution is 2.45. The van der Waals surface area contributed by atoms with Gasteiger partial charge >= 0.3 is 19.7 Å². The maximum atomic E-state index is 13.8. The van der Waals surface area contributed by atoms with Crippen LogP contribution < -0.4 is 4.65 Å². The fraction of sp³-hybridized carbons (Fsp3) is 0.192. The van der Waals surface area contributed by atoms with Crippen LogP contribution in [0.25, 0.3) is 0 Å². The maximum absolute atomic E-state index is 13.8. The van der Waals surface area contributed by atoms with Gasteiger partial charge in [0.15, 0.2) is 0 Å². The third-order valence-corrected chi connectivity index (χ3v) is 12.6. The van der Waals surface area contributed by atoms with Crippen molar-refractivity contribution < 1.29 is 48.9 Å². The molecule has 7 rings (SSSR count). The summed E-state index contributed by atoms with van der Waals surface area (Å²) in [4.78, 5) is 0. The van der Waals surface area contributed by atoms with Crippen LogP contribution in [0.2, 0.25) is 0 Å². The quantitative estimate of drug-likeness (QED) is 0.0223. The molecule has 7 aromatic rings. The van der Waals surface area contributed by atoms with Crippen molar-refractivity contribution in [2.45, 2.75) is 48.9 Å². The second-order valence-corrected chi connectivity index (χ2v) is 16.8. The SMILES string of the molecule is FC(F)(F)c1cc(OB(OPOCCCC(c2ccccc2)(c2ccccc2)c2ccccc2)OPOCCCC(c2ccccc2)(c2ccccc2)c2ccccc2)cc(C(F)(F)F)c1. The molecule has 340 valence electrons. The first kappa shape index (κ1) is 48.6. The molecule has 14 heteroatoms. The lowest BCUT2D eigenvalue weighted by molar-refractivity contribution is -0.143. The van der Waals surface area contributed by atoms with Gasteiger partial charge in [-0.2, -0.15) is 26.3 Å². The lowest BCUT2D eigenvalue weighted by Gasteiger charge is -2.36. The summed E-state index contributed by atoms with van der Waals surface area (Å²) in [6.07, 6.45) is -7.82. The van der Waals surface area contributed by atoms with E-state index in [0.29, 0.717) is 37.8 Å². The molecule has 0 amide bonds. The minimum Gasteiger partial charge on any atom is -0.511 e. The van der Waals surface area contributed by atoms with Gasteiger partial charge in [0.25, 0.3) is 0 Å². The Morgan fingerprint density at radius 1 is 0.364 bits per heavy atom. The molecular formula is C52H47BF6O5P2. The van der Waals surface area contributed by atoms with Crippen molar-refractivity contribution in [1.82, 2.24) is 0 Å². The molecule has 0 fully saturated rings. The smallest absolute Gasteiger partial charge is 0.511 e. The predicted molar refractivity (Wildman–Crippen MR) is 250 cm³/mol. The van der Waals surface area contributed by atoms with Crippen molar-refractivity contribution in [2.75, 3.05) is 13.2 Å². The predicted octanol–water partition coefficient (Wildman–Crippen LogP) is 14.8. The molecule has 0 spiro atoms. The summed E-state index contributed by atoms with van der Waals surface area (Å²) in [5, 5.41) is 0. The third kappa shape index (κ3) is 12.2. The Balaban J connectivity index is 1.04. The molecule has 7 aromatic carbocycles. The Bertz CT molecular complexity index is 2140. The van der Waals surface area contributed by atoms with Crippen LogP contribution in [0.15, 0.2) is 200 Å². The second kappa shape index (κ2) is 22.9. The summed E-state index contributed by atoms with van der Waals surface area (Å²) >= 11 is 0. The van der Waals surface area contributed by atoms with Gasteiger partial charge in [0.2, 0.25) is 0 Å². The van der Waals surface area contributed by atoms with E-state index >= 15 is 0 Å². The summed E-state index contributed by atoms with van der Waals surface area (Å²) < 4.78 is 112. The molecule has 0 aromatic heterocycles. The third-order valence-electron chi connectivity index (χ3n) is 11.4. The van der Waals surface area contributed by atoms with Gasteiger partial charge in [-0.1, -0.05) is 182 Å². The molecular weight excluding hydrogens is 891 g/mol. The standard InChI is InChI=1S/C52H47BF6O5P2/c54-51(55,56)46-37-47(52(57,58)59)39-48(38-46)62-53(63-65-60-35-19-33-49(40-21-7-1-8-22-40,41-23-9-2-10-24-41)42-25-11-3-12-26-42)64-66-61-36-20-34-50(43-27-13-4-14-28-43,44-29-15-5-16-30-44)45-31-17-6-18-32-45/h1-18,21-32,37-39,65-66H,19-20,33-36H2. The van der Waals surface area contributed by atoms with Crippen LogP contribution in [-0.4, -0.2) is 20.5 Å². The van der Waals surface area contributed by atoms with Gasteiger partial charge in [-0.25, -0.2) is 0 Å². The summed E-state index contributed by atoms with van der Waals surface area (Å²) in [7, 11) is -3.30. The van der Waals surface area contributed by atoms with Crippen LogP contribution in [0.3, 0.4) is 0 Å². The average Bonchev–Trinajstić information content (AvgIpc) is 3.34. The molecule has 0 aliphatic heterocycles. The zero-order valence-corrected chi connectivity index (χ0v) is 37.7. The molecule has 0 saturated carbocycles. The van der Waals surface area contributed by atoms with Crippen molar-refractivity contribution in [1.29, 1.82) is 0 Å². The van der Waals surface area contributed by atoms with Crippen molar-refractivity contribution in [3.05, 3.63) is 245 Å². The highest BCUT2D eigenvalue weighted by Gasteiger charge is 2.40. The molecule has 0 N–H and O–H groups in total. The molecule has 0 heterocycles. The van der Waals surface area contributed by atoms with E-state index in [1.807, 2.05) is 109 Å². The van der Waals surface area contributed by atoms with E-state index in [1.54, 1.807) is 0 Å². The minimum absolute atomic E-state index is 0.0278. The van der Waals surface area contributed by atoms with Crippen LogP contribution in [0.1, 0.15) is 70.2 Å². The lowest BCUT2D eigenvalue weighted by Crippen LogP contribution is -2.30. The van der Waals surface area contributed by atoms with E-state index in [1.165, 1.54) is 0 Å². The Kier molecular flexibility index (Phi) is 16.9. The number of benzene rings is 7. The molecule has 66 heavy (non-hydrogen) atoms. The largest absolute Gasteiger partial charge is 0.722 e. The van der Waals surface area contributed by atoms with Crippen molar-refractivity contribution in [3.63, 3.8) is 0 Å². The zero-order chi connectivity index (χ0) is 46.3. The van der Waals surface area contributed by atoms with Gasteiger partial charge in [-0.3, -0.25) is 0 Å². The van der Waals surface area contributed by atoms with Crippen molar-refractivity contribution >= 4 is 25.4 Å². The Labute approximate surface area is 385 Å². The number of hydrogen-bond donors (Lipinski definition) is 0. The molecule has 0 radical (unpaired) electrons. The van der Waals surface area contributed by atoms with E-state index in [9.17, 15) is 26.3 Å². The Morgan fingerprint density at radius 3 is 0.894 bits per heavy atom.